The number of nitrogens with one attached hydrogen (secondary N) is 1. The lowest BCUT2D eigenvalue weighted by Gasteiger charge is -2.16. The molecular weight excluding hydrogens is 349 g/mol. The summed E-state index contributed by atoms with van der Waals surface area (Å²) in [5.41, 5.74) is -0.100. The van der Waals surface area contributed by atoms with Gasteiger partial charge in [-0.1, -0.05) is 38.0 Å². The number of rotatable bonds is 6. The van der Waals surface area contributed by atoms with Crippen LogP contribution in [-0.4, -0.2) is 31.1 Å². The first-order valence-electron chi connectivity index (χ1n) is 7.66. The minimum absolute atomic E-state index is 0.117. The average molecular weight is 369 g/mol. The van der Waals surface area contributed by atoms with Gasteiger partial charge >= 0.3 is 5.22 Å². The van der Waals surface area contributed by atoms with Gasteiger partial charge in [-0.05, 0) is 17.7 Å². The first-order valence-corrected chi connectivity index (χ1v) is 9.31. The summed E-state index contributed by atoms with van der Waals surface area (Å²) in [7, 11) is -3.82. The molecule has 7 nitrogen and oxygen atoms in total. The highest BCUT2D eigenvalue weighted by Crippen LogP contribution is 2.16. The normalized spacial score (nSPS) is 12.2. The molecule has 0 aliphatic rings. The molecular formula is C16H20FN3O4S. The van der Waals surface area contributed by atoms with E-state index in [0.717, 1.165) is 0 Å². The summed E-state index contributed by atoms with van der Waals surface area (Å²) in [4.78, 5) is 11.7. The molecule has 136 valence electrons. The van der Waals surface area contributed by atoms with Gasteiger partial charge < -0.3 is 9.73 Å². The molecule has 0 atom stereocenters. The third-order valence-electron chi connectivity index (χ3n) is 3.29. The summed E-state index contributed by atoms with van der Waals surface area (Å²) in [6.45, 7) is 5.62. The topological polar surface area (TPSA) is 102 Å². The molecule has 1 aromatic heterocycles. The molecule has 0 saturated heterocycles. The second-order valence-electron chi connectivity index (χ2n) is 6.60. The van der Waals surface area contributed by atoms with Crippen LogP contribution in [0.2, 0.25) is 0 Å². The molecule has 1 heterocycles. The SMILES string of the molecule is CC(C)(C)C(=O)NCCc1nnc(S(=O)(=O)Cc2ccc(F)cc2)o1. The van der Waals surface area contributed by atoms with Crippen molar-refractivity contribution in [2.24, 2.45) is 5.41 Å². The molecule has 0 unspecified atom stereocenters. The highest BCUT2D eigenvalue weighted by atomic mass is 32.2. The van der Waals surface area contributed by atoms with E-state index in [4.69, 9.17) is 4.42 Å². The van der Waals surface area contributed by atoms with Crippen molar-refractivity contribution in [1.82, 2.24) is 15.5 Å². The minimum atomic E-state index is -3.82. The first kappa shape index (κ1) is 19.0. The van der Waals surface area contributed by atoms with E-state index in [-0.39, 0.29) is 30.5 Å². The molecule has 0 bridgehead atoms. The Kier molecular flexibility index (Phi) is 5.56. The predicted octanol–water partition coefficient (Wildman–Crippen LogP) is 1.89. The highest BCUT2D eigenvalue weighted by Gasteiger charge is 2.24. The van der Waals surface area contributed by atoms with Crippen LogP contribution in [0.3, 0.4) is 0 Å². The maximum atomic E-state index is 12.9. The zero-order valence-corrected chi connectivity index (χ0v) is 15.1. The number of nitrogens with zero attached hydrogens (tertiary/aromatic N) is 2. The molecule has 1 aromatic carbocycles. The number of aromatic nitrogens is 2. The van der Waals surface area contributed by atoms with Gasteiger partial charge in [0.15, 0.2) is 0 Å². The summed E-state index contributed by atoms with van der Waals surface area (Å²) < 4.78 is 42.6. The van der Waals surface area contributed by atoms with Crippen molar-refractivity contribution >= 4 is 15.7 Å². The second-order valence-corrected chi connectivity index (χ2v) is 8.47. The Morgan fingerprint density at radius 2 is 1.84 bits per heavy atom. The lowest BCUT2D eigenvalue weighted by atomic mass is 9.96. The largest absolute Gasteiger partial charge is 0.412 e. The van der Waals surface area contributed by atoms with Gasteiger partial charge in [0.05, 0.1) is 5.75 Å². The summed E-state index contributed by atoms with van der Waals surface area (Å²) in [6, 6.07) is 5.13. The minimum Gasteiger partial charge on any atom is -0.412 e. The third kappa shape index (κ3) is 5.35. The van der Waals surface area contributed by atoms with Crippen LogP contribution < -0.4 is 5.32 Å². The summed E-state index contributed by atoms with van der Waals surface area (Å²) in [5, 5.41) is 9.47. The Balaban J connectivity index is 1.97. The number of carbonyl (C=O) groups is 1. The Labute approximate surface area is 145 Å². The molecule has 0 aliphatic heterocycles. The molecule has 2 aromatic rings. The number of sulfone groups is 1. The van der Waals surface area contributed by atoms with Crippen molar-refractivity contribution in [1.29, 1.82) is 0 Å². The fourth-order valence-electron chi connectivity index (χ4n) is 1.87. The van der Waals surface area contributed by atoms with Crippen LogP contribution in [0.15, 0.2) is 33.9 Å². The first-order chi connectivity index (χ1) is 11.6. The number of hydrogen-bond donors (Lipinski definition) is 1. The zero-order valence-electron chi connectivity index (χ0n) is 14.2. The van der Waals surface area contributed by atoms with Crippen LogP contribution in [0, 0.1) is 11.2 Å². The molecule has 1 amide bonds. The van der Waals surface area contributed by atoms with E-state index in [1.54, 1.807) is 20.8 Å². The summed E-state index contributed by atoms with van der Waals surface area (Å²) in [5.74, 6) is -0.822. The predicted molar refractivity (Wildman–Crippen MR) is 87.8 cm³/mol. The lowest BCUT2D eigenvalue weighted by Crippen LogP contribution is -2.35. The van der Waals surface area contributed by atoms with E-state index in [1.165, 1.54) is 24.3 Å². The van der Waals surface area contributed by atoms with Crippen molar-refractivity contribution in [2.45, 2.75) is 38.2 Å². The van der Waals surface area contributed by atoms with E-state index in [0.29, 0.717) is 5.56 Å². The molecule has 0 radical (unpaired) electrons. The number of hydrogen-bond acceptors (Lipinski definition) is 6. The van der Waals surface area contributed by atoms with Crippen LogP contribution in [0.1, 0.15) is 32.2 Å². The number of amides is 1. The Bertz CT molecular complexity index is 839. The molecule has 0 saturated carbocycles. The van der Waals surface area contributed by atoms with Crippen LogP contribution in [0.25, 0.3) is 0 Å². The Morgan fingerprint density at radius 3 is 2.44 bits per heavy atom. The fourth-order valence-corrected chi connectivity index (χ4v) is 3.02. The van der Waals surface area contributed by atoms with Gasteiger partial charge in [-0.2, -0.15) is 0 Å². The van der Waals surface area contributed by atoms with Gasteiger partial charge in [-0.15, -0.1) is 5.10 Å². The van der Waals surface area contributed by atoms with Crippen molar-refractivity contribution in [3.05, 3.63) is 41.5 Å². The van der Waals surface area contributed by atoms with Crippen molar-refractivity contribution in [2.75, 3.05) is 6.54 Å². The van der Waals surface area contributed by atoms with Crippen LogP contribution in [0.4, 0.5) is 4.39 Å². The zero-order chi connectivity index (χ0) is 18.7. The highest BCUT2D eigenvalue weighted by molar-refractivity contribution is 7.90. The van der Waals surface area contributed by atoms with Gasteiger partial charge in [0.25, 0.3) is 0 Å². The van der Waals surface area contributed by atoms with Gasteiger partial charge in [-0.3, -0.25) is 4.79 Å². The molecule has 25 heavy (non-hydrogen) atoms. The maximum absolute atomic E-state index is 12.9. The van der Waals surface area contributed by atoms with Crippen molar-refractivity contribution in [3.63, 3.8) is 0 Å². The molecule has 9 heteroatoms. The summed E-state index contributed by atoms with van der Waals surface area (Å²) in [6.07, 6.45) is 0.223. The van der Waals surface area contributed by atoms with Crippen LogP contribution in [-0.2, 0) is 26.8 Å². The lowest BCUT2D eigenvalue weighted by molar-refractivity contribution is -0.128. The van der Waals surface area contributed by atoms with Crippen LogP contribution >= 0.6 is 0 Å². The van der Waals surface area contributed by atoms with Gasteiger partial charge in [-0.25, -0.2) is 12.8 Å². The fraction of sp³-hybridized carbons (Fsp3) is 0.438. The van der Waals surface area contributed by atoms with Crippen molar-refractivity contribution < 1.29 is 22.0 Å². The smallest absolute Gasteiger partial charge is 0.335 e. The molecule has 0 aliphatic carbocycles. The van der Waals surface area contributed by atoms with E-state index in [2.05, 4.69) is 15.5 Å². The Morgan fingerprint density at radius 1 is 1.20 bits per heavy atom. The Hall–Kier alpha value is -2.29. The van der Waals surface area contributed by atoms with E-state index in [1.807, 2.05) is 0 Å². The standard InChI is InChI=1S/C16H20FN3O4S/c1-16(2,3)14(21)18-9-8-13-19-20-15(24-13)25(22,23)10-11-4-6-12(17)7-5-11/h4-7H,8-10H2,1-3H3,(H,18,21). The monoisotopic (exact) mass is 369 g/mol. The van der Waals surface area contributed by atoms with Crippen molar-refractivity contribution in [3.8, 4) is 0 Å². The molecule has 0 fully saturated rings. The third-order valence-corrected chi connectivity index (χ3v) is 4.70. The van der Waals surface area contributed by atoms with E-state index < -0.39 is 26.3 Å². The second kappa shape index (κ2) is 7.30. The number of carbonyl (C=O) groups excluding carboxylic acids is 1. The summed E-state index contributed by atoms with van der Waals surface area (Å²) >= 11 is 0. The molecule has 2 rings (SSSR count). The average Bonchev–Trinajstić information content (AvgIpc) is 2.98. The van der Waals surface area contributed by atoms with E-state index >= 15 is 0 Å². The number of benzene rings is 1. The molecule has 0 spiro atoms. The van der Waals surface area contributed by atoms with Gasteiger partial charge in [0, 0.05) is 18.4 Å². The van der Waals surface area contributed by atoms with Crippen LogP contribution in [0.5, 0.6) is 0 Å². The quantitative estimate of drug-likeness (QED) is 0.834. The van der Waals surface area contributed by atoms with Gasteiger partial charge in [0.2, 0.25) is 21.6 Å². The number of halogens is 1. The van der Waals surface area contributed by atoms with Gasteiger partial charge in [0.1, 0.15) is 5.82 Å². The van der Waals surface area contributed by atoms with E-state index in [9.17, 15) is 17.6 Å². The maximum Gasteiger partial charge on any atom is 0.335 e. The molecule has 1 N–H and O–H groups in total.